The third kappa shape index (κ3) is 5.87. The number of carboxylic acid groups (broad SMARTS) is 1. The van der Waals surface area contributed by atoms with E-state index in [2.05, 4.69) is 5.92 Å². The molecule has 1 fully saturated rings. The number of benzene rings is 2. The fourth-order valence-electron chi connectivity index (χ4n) is 4.14. The maximum atomic E-state index is 13.3. The van der Waals surface area contributed by atoms with Gasteiger partial charge in [0.2, 0.25) is 0 Å². The van der Waals surface area contributed by atoms with Gasteiger partial charge in [0.25, 0.3) is 0 Å². The van der Waals surface area contributed by atoms with Crippen molar-refractivity contribution in [2.45, 2.75) is 31.6 Å². The Kier molecular flexibility index (Phi) is 8.14. The van der Waals surface area contributed by atoms with Gasteiger partial charge in [0.1, 0.15) is 6.04 Å². The van der Waals surface area contributed by atoms with Crippen LogP contribution in [0.25, 0.3) is 0 Å². The molecule has 178 valence electrons. The Hall–Kier alpha value is -3.99. The van der Waals surface area contributed by atoms with E-state index in [0.717, 1.165) is 11.1 Å². The zero-order chi connectivity index (χ0) is 24.7. The van der Waals surface area contributed by atoms with E-state index in [1.54, 1.807) is 14.1 Å². The summed E-state index contributed by atoms with van der Waals surface area (Å²) in [7, 11) is 3.30. The van der Waals surface area contributed by atoms with E-state index in [1.165, 1.54) is 19.6 Å². The lowest BCUT2D eigenvalue weighted by molar-refractivity contribution is -0.144. The van der Waals surface area contributed by atoms with Crippen LogP contribution in [-0.4, -0.2) is 82.0 Å². The summed E-state index contributed by atoms with van der Waals surface area (Å²) >= 11 is 0. The number of amides is 4. The molecule has 1 unspecified atom stereocenters. The molecule has 8 heteroatoms. The van der Waals surface area contributed by atoms with Gasteiger partial charge in [-0.25, -0.2) is 14.4 Å². The van der Waals surface area contributed by atoms with Gasteiger partial charge in [0.05, 0.1) is 12.6 Å². The van der Waals surface area contributed by atoms with Crippen molar-refractivity contribution in [2.75, 3.05) is 27.2 Å². The van der Waals surface area contributed by atoms with Gasteiger partial charge in [-0.15, -0.1) is 12.3 Å². The minimum Gasteiger partial charge on any atom is -0.480 e. The van der Waals surface area contributed by atoms with Crippen molar-refractivity contribution in [1.82, 2.24) is 19.6 Å². The summed E-state index contributed by atoms with van der Waals surface area (Å²) in [6.07, 6.45) is 5.78. The maximum Gasteiger partial charge on any atom is 0.328 e. The lowest BCUT2D eigenvalue weighted by Gasteiger charge is -2.46. The van der Waals surface area contributed by atoms with Crippen LogP contribution in [0, 0.1) is 12.3 Å². The van der Waals surface area contributed by atoms with E-state index in [4.69, 9.17) is 6.42 Å². The molecular weight excluding hydrogens is 432 g/mol. The SMILES string of the molecule is C#CCC1CN(C(=O)N(C)Cc2ccccc2)[C@H](C(=O)O)CN1C(=O)N(C)Cc1ccccc1. The zero-order valence-corrected chi connectivity index (χ0v) is 19.5. The van der Waals surface area contributed by atoms with Gasteiger partial charge in [0, 0.05) is 40.2 Å². The largest absolute Gasteiger partial charge is 0.480 e. The summed E-state index contributed by atoms with van der Waals surface area (Å²) < 4.78 is 0. The zero-order valence-electron chi connectivity index (χ0n) is 19.5. The molecule has 1 heterocycles. The second kappa shape index (κ2) is 11.2. The Bertz CT molecular complexity index is 1040. The number of hydrogen-bond donors (Lipinski definition) is 1. The van der Waals surface area contributed by atoms with Crippen LogP contribution in [0.2, 0.25) is 0 Å². The molecule has 1 N–H and O–H groups in total. The first-order valence-corrected chi connectivity index (χ1v) is 11.1. The molecule has 1 aliphatic rings. The lowest BCUT2D eigenvalue weighted by Crippen LogP contribution is -2.66. The minimum atomic E-state index is -1.17. The highest BCUT2D eigenvalue weighted by molar-refractivity contribution is 5.84. The van der Waals surface area contributed by atoms with Crippen molar-refractivity contribution in [3.8, 4) is 12.3 Å². The van der Waals surface area contributed by atoms with Crippen molar-refractivity contribution < 1.29 is 19.5 Å². The third-order valence-corrected chi connectivity index (χ3v) is 5.90. The Morgan fingerprint density at radius 2 is 1.35 bits per heavy atom. The average Bonchev–Trinajstić information content (AvgIpc) is 2.84. The van der Waals surface area contributed by atoms with E-state index in [0.29, 0.717) is 13.1 Å². The molecule has 34 heavy (non-hydrogen) atoms. The van der Waals surface area contributed by atoms with E-state index in [1.807, 2.05) is 60.7 Å². The minimum absolute atomic E-state index is 0.0457. The summed E-state index contributed by atoms with van der Waals surface area (Å²) in [5.41, 5.74) is 1.89. The van der Waals surface area contributed by atoms with E-state index >= 15 is 0 Å². The molecule has 0 saturated carbocycles. The number of terminal acetylenes is 1. The summed E-state index contributed by atoms with van der Waals surface area (Å²) in [4.78, 5) is 44.5. The van der Waals surface area contributed by atoms with Crippen LogP contribution in [0.4, 0.5) is 9.59 Å². The normalized spacial score (nSPS) is 17.6. The van der Waals surface area contributed by atoms with Gasteiger partial charge in [-0.05, 0) is 11.1 Å². The molecule has 1 aliphatic heterocycles. The molecule has 0 spiro atoms. The molecule has 0 aromatic heterocycles. The smallest absolute Gasteiger partial charge is 0.328 e. The number of rotatable bonds is 6. The molecule has 3 rings (SSSR count). The lowest BCUT2D eigenvalue weighted by atomic mass is 10.0. The highest BCUT2D eigenvalue weighted by Crippen LogP contribution is 2.22. The second-order valence-corrected chi connectivity index (χ2v) is 8.47. The molecule has 0 aliphatic carbocycles. The van der Waals surface area contributed by atoms with E-state index in [9.17, 15) is 19.5 Å². The molecule has 2 aromatic rings. The van der Waals surface area contributed by atoms with Crippen molar-refractivity contribution >= 4 is 18.0 Å². The fourth-order valence-corrected chi connectivity index (χ4v) is 4.14. The topological polar surface area (TPSA) is 84.4 Å². The van der Waals surface area contributed by atoms with Gasteiger partial charge < -0.3 is 24.7 Å². The monoisotopic (exact) mass is 462 g/mol. The van der Waals surface area contributed by atoms with Crippen LogP contribution in [0.5, 0.6) is 0 Å². The first-order chi connectivity index (χ1) is 16.3. The summed E-state index contributed by atoms with van der Waals surface area (Å²) in [6.45, 7) is 0.624. The van der Waals surface area contributed by atoms with Crippen molar-refractivity contribution in [3.63, 3.8) is 0 Å². The summed E-state index contributed by atoms with van der Waals surface area (Å²) in [6, 6.07) is 16.6. The number of carbonyl (C=O) groups excluding carboxylic acids is 2. The maximum absolute atomic E-state index is 13.3. The second-order valence-electron chi connectivity index (χ2n) is 8.47. The predicted octanol–water partition coefficient (Wildman–Crippen LogP) is 2.95. The number of urea groups is 2. The van der Waals surface area contributed by atoms with Crippen LogP contribution in [0.3, 0.4) is 0 Å². The highest BCUT2D eigenvalue weighted by Gasteiger charge is 2.43. The van der Waals surface area contributed by atoms with Crippen LogP contribution in [-0.2, 0) is 17.9 Å². The average molecular weight is 463 g/mol. The Balaban J connectivity index is 1.77. The van der Waals surface area contributed by atoms with Crippen molar-refractivity contribution in [1.29, 1.82) is 0 Å². The molecular formula is C26H30N4O4. The molecule has 0 radical (unpaired) electrons. The third-order valence-electron chi connectivity index (χ3n) is 5.90. The molecule has 1 saturated heterocycles. The van der Waals surface area contributed by atoms with Crippen LogP contribution < -0.4 is 0 Å². The Morgan fingerprint density at radius 3 is 1.79 bits per heavy atom. The number of hydrogen-bond acceptors (Lipinski definition) is 3. The number of aliphatic carboxylic acids is 1. The first-order valence-electron chi connectivity index (χ1n) is 11.1. The number of carboxylic acids is 1. The molecule has 0 bridgehead atoms. The van der Waals surface area contributed by atoms with Crippen molar-refractivity contribution in [2.24, 2.45) is 0 Å². The Morgan fingerprint density at radius 1 is 0.882 bits per heavy atom. The first kappa shape index (κ1) is 24.6. The molecule has 8 nitrogen and oxygen atoms in total. The summed E-state index contributed by atoms with van der Waals surface area (Å²) in [5.74, 6) is 1.41. The molecule has 4 amide bonds. The highest BCUT2D eigenvalue weighted by atomic mass is 16.4. The fraction of sp³-hybridized carbons (Fsp3) is 0.346. The number of carbonyl (C=O) groups is 3. The molecule has 2 aromatic carbocycles. The van der Waals surface area contributed by atoms with E-state index < -0.39 is 24.1 Å². The van der Waals surface area contributed by atoms with Crippen LogP contribution in [0.15, 0.2) is 60.7 Å². The van der Waals surface area contributed by atoms with Gasteiger partial charge in [0.15, 0.2) is 0 Å². The van der Waals surface area contributed by atoms with Gasteiger partial charge >= 0.3 is 18.0 Å². The summed E-state index contributed by atoms with van der Waals surface area (Å²) in [5, 5.41) is 9.91. The van der Waals surface area contributed by atoms with Gasteiger partial charge in [-0.1, -0.05) is 60.7 Å². The number of piperazine rings is 1. The van der Waals surface area contributed by atoms with Gasteiger partial charge in [-0.3, -0.25) is 0 Å². The predicted molar refractivity (Wildman–Crippen MR) is 129 cm³/mol. The van der Waals surface area contributed by atoms with E-state index in [-0.39, 0.29) is 25.5 Å². The molecule has 2 atom stereocenters. The van der Waals surface area contributed by atoms with Crippen LogP contribution >= 0.6 is 0 Å². The van der Waals surface area contributed by atoms with Crippen molar-refractivity contribution in [3.05, 3.63) is 71.8 Å². The standard InChI is InChI=1S/C26H30N4O4/c1-4-11-22-18-30(26(34)28(3)17-21-14-9-6-10-15-21)23(24(31)32)19-29(22)25(33)27(2)16-20-12-7-5-8-13-20/h1,5-10,12-15,22-23H,11,16-19H2,2-3H3,(H,31,32)/t22?,23-/m0/s1. The quantitative estimate of drug-likeness (QED) is 0.669. The van der Waals surface area contributed by atoms with Crippen LogP contribution in [0.1, 0.15) is 17.5 Å². The Labute approximate surface area is 200 Å². The number of nitrogens with zero attached hydrogens (tertiary/aromatic N) is 4. The van der Waals surface area contributed by atoms with Gasteiger partial charge in [-0.2, -0.15) is 0 Å².